The van der Waals surface area contributed by atoms with Gasteiger partial charge in [0.2, 0.25) is 0 Å². The highest BCUT2D eigenvalue weighted by molar-refractivity contribution is 7.11. The van der Waals surface area contributed by atoms with Gasteiger partial charge in [0.05, 0.1) is 24.4 Å². The first-order chi connectivity index (χ1) is 9.21. The molecule has 0 bridgehead atoms. The fourth-order valence-electron chi connectivity index (χ4n) is 2.14. The number of nitrogens with zero attached hydrogens (tertiary/aromatic N) is 3. The van der Waals surface area contributed by atoms with Crippen molar-refractivity contribution in [1.82, 2.24) is 20.1 Å². The van der Waals surface area contributed by atoms with Crippen LogP contribution in [0.5, 0.6) is 5.75 Å². The Balaban J connectivity index is 2.44. The Morgan fingerprint density at radius 1 is 1.47 bits per heavy atom. The lowest BCUT2D eigenvalue weighted by molar-refractivity contribution is 0.400. The zero-order valence-corrected chi connectivity index (χ0v) is 12.6. The van der Waals surface area contributed by atoms with Crippen LogP contribution in [0.25, 0.3) is 0 Å². The predicted molar refractivity (Wildman–Crippen MR) is 76.8 cm³/mol. The summed E-state index contributed by atoms with van der Waals surface area (Å²) in [6.07, 6.45) is 4.74. The van der Waals surface area contributed by atoms with Gasteiger partial charge in [-0.3, -0.25) is 4.68 Å². The SMILES string of the molecule is CCCn1ncc(OC)c1C(NC)c1cnc(C)s1. The zero-order chi connectivity index (χ0) is 13.8. The van der Waals surface area contributed by atoms with Crippen LogP contribution in [0.15, 0.2) is 12.4 Å². The molecule has 6 heteroatoms. The molecule has 0 fully saturated rings. The van der Waals surface area contributed by atoms with Crippen molar-refractivity contribution in [1.29, 1.82) is 0 Å². The monoisotopic (exact) mass is 280 g/mol. The maximum absolute atomic E-state index is 5.44. The lowest BCUT2D eigenvalue weighted by Gasteiger charge is -2.17. The van der Waals surface area contributed by atoms with Crippen molar-refractivity contribution in [3.8, 4) is 5.75 Å². The lowest BCUT2D eigenvalue weighted by Crippen LogP contribution is -2.21. The second kappa shape index (κ2) is 6.16. The van der Waals surface area contributed by atoms with Gasteiger partial charge in [-0.05, 0) is 20.4 Å². The van der Waals surface area contributed by atoms with E-state index in [9.17, 15) is 0 Å². The van der Waals surface area contributed by atoms with Crippen LogP contribution in [0.2, 0.25) is 0 Å². The number of ether oxygens (including phenoxy) is 1. The Hall–Kier alpha value is -1.40. The highest BCUT2D eigenvalue weighted by Gasteiger charge is 2.23. The van der Waals surface area contributed by atoms with Gasteiger partial charge < -0.3 is 10.1 Å². The van der Waals surface area contributed by atoms with E-state index >= 15 is 0 Å². The Morgan fingerprint density at radius 3 is 2.79 bits per heavy atom. The van der Waals surface area contributed by atoms with Crippen molar-refractivity contribution in [2.24, 2.45) is 0 Å². The van der Waals surface area contributed by atoms with E-state index in [0.29, 0.717) is 0 Å². The molecule has 0 aliphatic rings. The molecule has 1 atom stereocenters. The minimum absolute atomic E-state index is 0.0650. The standard InChI is InChI=1S/C13H20N4OS/c1-5-6-17-13(10(18-4)7-16-17)12(14-3)11-8-15-9(2)19-11/h7-8,12,14H,5-6H2,1-4H3. The van der Waals surface area contributed by atoms with E-state index < -0.39 is 0 Å². The minimum atomic E-state index is 0.0650. The number of aromatic nitrogens is 3. The van der Waals surface area contributed by atoms with E-state index in [2.05, 4.69) is 22.3 Å². The molecule has 0 saturated heterocycles. The molecule has 2 heterocycles. The summed E-state index contributed by atoms with van der Waals surface area (Å²) >= 11 is 1.69. The Labute approximate surface area is 117 Å². The van der Waals surface area contributed by atoms with Crippen molar-refractivity contribution in [2.45, 2.75) is 32.9 Å². The molecule has 2 aromatic heterocycles. The van der Waals surface area contributed by atoms with Crippen LogP contribution in [0.1, 0.15) is 35.0 Å². The summed E-state index contributed by atoms with van der Waals surface area (Å²) < 4.78 is 7.45. The maximum Gasteiger partial charge on any atom is 0.161 e. The summed E-state index contributed by atoms with van der Waals surface area (Å²) in [6, 6.07) is 0.0650. The molecule has 0 saturated carbocycles. The molecule has 1 N–H and O–H groups in total. The van der Waals surface area contributed by atoms with E-state index in [0.717, 1.165) is 29.4 Å². The number of hydrogen-bond acceptors (Lipinski definition) is 5. The molecule has 2 rings (SSSR count). The second-order valence-corrected chi connectivity index (χ2v) is 5.59. The summed E-state index contributed by atoms with van der Waals surface area (Å²) in [6.45, 7) is 5.04. The topological polar surface area (TPSA) is 52.0 Å². The van der Waals surface area contributed by atoms with Crippen molar-refractivity contribution in [3.05, 3.63) is 28.0 Å². The van der Waals surface area contributed by atoms with Gasteiger partial charge in [0.25, 0.3) is 0 Å². The third-order valence-corrected chi connectivity index (χ3v) is 3.96. The number of nitrogens with one attached hydrogen (secondary N) is 1. The average Bonchev–Trinajstić information content (AvgIpc) is 2.99. The van der Waals surface area contributed by atoms with Crippen LogP contribution >= 0.6 is 11.3 Å². The molecule has 0 amide bonds. The molecule has 2 aromatic rings. The van der Waals surface area contributed by atoms with E-state index in [1.165, 1.54) is 4.88 Å². The highest BCUT2D eigenvalue weighted by Crippen LogP contribution is 2.32. The predicted octanol–water partition coefficient (Wildman–Crippen LogP) is 2.38. The number of methoxy groups -OCH3 is 1. The van der Waals surface area contributed by atoms with Crippen molar-refractivity contribution < 1.29 is 4.74 Å². The van der Waals surface area contributed by atoms with Gasteiger partial charge in [0.15, 0.2) is 5.75 Å². The highest BCUT2D eigenvalue weighted by atomic mass is 32.1. The average molecular weight is 280 g/mol. The van der Waals surface area contributed by atoms with E-state index in [-0.39, 0.29) is 6.04 Å². The summed E-state index contributed by atoms with van der Waals surface area (Å²) in [7, 11) is 3.63. The first-order valence-corrected chi connectivity index (χ1v) is 7.22. The second-order valence-electron chi connectivity index (χ2n) is 4.32. The van der Waals surface area contributed by atoms with Crippen LogP contribution in [0.4, 0.5) is 0 Å². The largest absolute Gasteiger partial charge is 0.493 e. The molecule has 0 aliphatic carbocycles. The summed E-state index contributed by atoms with van der Waals surface area (Å²) in [4.78, 5) is 5.51. The van der Waals surface area contributed by atoms with Gasteiger partial charge in [-0.25, -0.2) is 4.98 Å². The molecule has 0 aliphatic heterocycles. The molecular formula is C13H20N4OS. The van der Waals surface area contributed by atoms with Gasteiger partial charge in [-0.15, -0.1) is 11.3 Å². The smallest absolute Gasteiger partial charge is 0.161 e. The van der Waals surface area contributed by atoms with Gasteiger partial charge in [-0.2, -0.15) is 5.10 Å². The number of hydrogen-bond donors (Lipinski definition) is 1. The molecule has 0 radical (unpaired) electrons. The van der Waals surface area contributed by atoms with Crippen molar-refractivity contribution >= 4 is 11.3 Å². The van der Waals surface area contributed by atoms with Gasteiger partial charge >= 0.3 is 0 Å². The van der Waals surface area contributed by atoms with Gasteiger partial charge in [0, 0.05) is 17.6 Å². The minimum Gasteiger partial charge on any atom is -0.493 e. The third-order valence-electron chi connectivity index (χ3n) is 2.99. The molecule has 19 heavy (non-hydrogen) atoms. The van der Waals surface area contributed by atoms with Crippen LogP contribution in [0.3, 0.4) is 0 Å². The fraction of sp³-hybridized carbons (Fsp3) is 0.538. The Kier molecular flexibility index (Phi) is 4.55. The Bertz CT molecular complexity index is 534. The zero-order valence-electron chi connectivity index (χ0n) is 11.8. The number of aryl methyl sites for hydroxylation is 2. The fourth-order valence-corrected chi connectivity index (χ4v) is 3.04. The lowest BCUT2D eigenvalue weighted by atomic mass is 10.1. The Morgan fingerprint density at radius 2 is 2.26 bits per heavy atom. The first kappa shape index (κ1) is 14.0. The summed E-state index contributed by atoms with van der Waals surface area (Å²) in [5.74, 6) is 0.818. The van der Waals surface area contributed by atoms with Gasteiger partial charge in [-0.1, -0.05) is 6.92 Å². The first-order valence-electron chi connectivity index (χ1n) is 6.40. The molecule has 5 nitrogen and oxygen atoms in total. The van der Waals surface area contributed by atoms with Crippen LogP contribution in [-0.4, -0.2) is 28.9 Å². The molecule has 104 valence electrons. The van der Waals surface area contributed by atoms with E-state index in [1.807, 2.05) is 24.9 Å². The van der Waals surface area contributed by atoms with Crippen LogP contribution in [-0.2, 0) is 6.54 Å². The van der Waals surface area contributed by atoms with Crippen LogP contribution < -0.4 is 10.1 Å². The molecular weight excluding hydrogens is 260 g/mol. The van der Waals surface area contributed by atoms with Crippen molar-refractivity contribution in [3.63, 3.8) is 0 Å². The molecule has 0 aromatic carbocycles. The van der Waals surface area contributed by atoms with Crippen LogP contribution in [0, 0.1) is 6.92 Å². The summed E-state index contributed by atoms with van der Waals surface area (Å²) in [5.41, 5.74) is 1.07. The van der Waals surface area contributed by atoms with E-state index in [1.54, 1.807) is 24.6 Å². The number of thiazole rings is 1. The maximum atomic E-state index is 5.44. The quantitative estimate of drug-likeness (QED) is 0.882. The third kappa shape index (κ3) is 2.79. The van der Waals surface area contributed by atoms with Gasteiger partial charge in [0.1, 0.15) is 5.69 Å². The normalized spacial score (nSPS) is 12.6. The number of rotatable bonds is 6. The summed E-state index contributed by atoms with van der Waals surface area (Å²) in [5, 5.41) is 8.82. The van der Waals surface area contributed by atoms with Crippen molar-refractivity contribution in [2.75, 3.05) is 14.2 Å². The molecule has 1 unspecified atom stereocenters. The van der Waals surface area contributed by atoms with E-state index in [4.69, 9.17) is 4.74 Å². The molecule has 0 spiro atoms.